The molecule has 0 fully saturated rings. The topological polar surface area (TPSA) is 95.1 Å². The van der Waals surface area contributed by atoms with Gasteiger partial charge in [0.2, 0.25) is 11.9 Å². The molecule has 1 aliphatic heterocycles. The number of fused-ring (bicyclic) bond motifs is 1. The first-order valence-corrected chi connectivity index (χ1v) is 8.52. The van der Waals surface area contributed by atoms with Crippen LogP contribution in [0.1, 0.15) is 18.5 Å². The minimum atomic E-state index is -0.492. The molecule has 0 radical (unpaired) electrons. The van der Waals surface area contributed by atoms with Crippen LogP contribution < -0.4 is 15.8 Å². The number of anilines is 1. The Morgan fingerprint density at radius 1 is 1.15 bits per heavy atom. The first-order valence-electron chi connectivity index (χ1n) is 8.52. The molecule has 1 aromatic heterocycles. The number of carbonyl (C=O) groups excluding carboxylic acids is 1. The summed E-state index contributed by atoms with van der Waals surface area (Å²) in [6.45, 7) is 1.82. The molecule has 1 aliphatic rings. The van der Waals surface area contributed by atoms with Gasteiger partial charge in [-0.3, -0.25) is 4.79 Å². The van der Waals surface area contributed by atoms with E-state index in [1.807, 2.05) is 61.5 Å². The van der Waals surface area contributed by atoms with E-state index < -0.39 is 11.9 Å². The summed E-state index contributed by atoms with van der Waals surface area (Å²) in [5, 5.41) is 7.82. The highest BCUT2D eigenvalue weighted by molar-refractivity contribution is 5.95. The van der Waals surface area contributed by atoms with Gasteiger partial charge in [-0.1, -0.05) is 42.5 Å². The third-order valence-electron chi connectivity index (χ3n) is 4.58. The Morgan fingerprint density at radius 2 is 1.85 bits per heavy atom. The standard InChI is InChI=1S/C20H19N5O2/c1-12-16(18(21)26)17(13-8-4-3-5-9-13)25-20(22-12)23-19(24-25)14-10-6-7-11-15(14)27-2/h3-11,17H,1-2H3,(H2,21,26)(H,22,23,24). The molecule has 1 atom stereocenters. The van der Waals surface area contributed by atoms with Crippen LogP contribution in [0.4, 0.5) is 5.95 Å². The lowest BCUT2D eigenvalue weighted by Gasteiger charge is -2.27. The number of ether oxygens (including phenoxy) is 1. The predicted octanol–water partition coefficient (Wildman–Crippen LogP) is 2.73. The third-order valence-corrected chi connectivity index (χ3v) is 4.58. The number of aromatic nitrogens is 3. The number of nitrogens with two attached hydrogens (primary N) is 1. The molecule has 7 nitrogen and oxygen atoms in total. The number of hydrogen-bond acceptors (Lipinski definition) is 5. The number of para-hydroxylation sites is 1. The summed E-state index contributed by atoms with van der Waals surface area (Å²) in [6.07, 6.45) is 0. The largest absolute Gasteiger partial charge is 0.496 e. The van der Waals surface area contributed by atoms with E-state index >= 15 is 0 Å². The normalized spacial score (nSPS) is 15.9. The maximum atomic E-state index is 12.2. The molecule has 27 heavy (non-hydrogen) atoms. The van der Waals surface area contributed by atoms with Crippen LogP contribution in [0, 0.1) is 0 Å². The smallest absolute Gasteiger partial charge is 0.248 e. The Bertz CT molecular complexity index is 1040. The molecule has 0 spiro atoms. The summed E-state index contributed by atoms with van der Waals surface area (Å²) < 4.78 is 7.13. The van der Waals surface area contributed by atoms with Gasteiger partial charge in [0.15, 0.2) is 5.82 Å². The van der Waals surface area contributed by atoms with Gasteiger partial charge < -0.3 is 15.8 Å². The van der Waals surface area contributed by atoms with Crippen LogP contribution in [0.2, 0.25) is 0 Å². The average Bonchev–Trinajstić information content (AvgIpc) is 3.10. The lowest BCUT2D eigenvalue weighted by atomic mass is 9.95. The zero-order valence-electron chi connectivity index (χ0n) is 15.0. The minimum absolute atomic E-state index is 0.448. The SMILES string of the molecule is COc1ccccc1-c1nc2n(n1)C(c1ccccc1)C(C(N)=O)=C(C)N2. The van der Waals surface area contributed by atoms with Gasteiger partial charge in [-0.25, -0.2) is 4.68 Å². The second-order valence-electron chi connectivity index (χ2n) is 6.25. The number of rotatable bonds is 4. The van der Waals surface area contributed by atoms with Gasteiger partial charge in [0.25, 0.3) is 0 Å². The Kier molecular flexibility index (Phi) is 4.12. The summed E-state index contributed by atoms with van der Waals surface area (Å²) >= 11 is 0. The highest BCUT2D eigenvalue weighted by Gasteiger charge is 2.33. The summed E-state index contributed by atoms with van der Waals surface area (Å²) in [5.74, 6) is 1.24. The number of methoxy groups -OCH3 is 1. The van der Waals surface area contributed by atoms with Crippen molar-refractivity contribution >= 4 is 11.9 Å². The van der Waals surface area contributed by atoms with Crippen molar-refractivity contribution in [3.05, 3.63) is 71.4 Å². The minimum Gasteiger partial charge on any atom is -0.496 e. The van der Waals surface area contributed by atoms with E-state index in [1.54, 1.807) is 11.8 Å². The van der Waals surface area contributed by atoms with Gasteiger partial charge >= 0.3 is 0 Å². The lowest BCUT2D eigenvalue weighted by Crippen LogP contribution is -2.31. The zero-order chi connectivity index (χ0) is 19.0. The number of nitrogens with zero attached hydrogens (tertiary/aromatic N) is 3. The molecule has 0 saturated heterocycles. The number of amides is 1. The molecule has 0 saturated carbocycles. The van der Waals surface area contributed by atoms with Gasteiger partial charge in [0.05, 0.1) is 18.2 Å². The van der Waals surface area contributed by atoms with E-state index in [4.69, 9.17) is 10.5 Å². The predicted molar refractivity (Wildman–Crippen MR) is 102 cm³/mol. The summed E-state index contributed by atoms with van der Waals surface area (Å²) in [7, 11) is 1.61. The van der Waals surface area contributed by atoms with Gasteiger partial charge in [-0.2, -0.15) is 4.98 Å². The average molecular weight is 361 g/mol. The van der Waals surface area contributed by atoms with Gasteiger partial charge in [-0.05, 0) is 24.6 Å². The fourth-order valence-electron chi connectivity index (χ4n) is 3.36. The molecule has 3 aromatic rings. The maximum absolute atomic E-state index is 12.2. The molecule has 4 rings (SSSR count). The number of benzene rings is 2. The molecular weight excluding hydrogens is 342 g/mol. The number of carbonyl (C=O) groups is 1. The molecule has 2 aromatic carbocycles. The van der Waals surface area contributed by atoms with Crippen LogP contribution in [0.5, 0.6) is 5.75 Å². The van der Waals surface area contributed by atoms with Crippen molar-refractivity contribution < 1.29 is 9.53 Å². The summed E-state index contributed by atoms with van der Waals surface area (Å²) in [6, 6.07) is 16.7. The Labute approximate surface area is 156 Å². The summed E-state index contributed by atoms with van der Waals surface area (Å²) in [5.41, 5.74) is 8.50. The fraction of sp³-hybridized carbons (Fsp3) is 0.150. The van der Waals surface area contributed by atoms with Crippen molar-refractivity contribution in [2.45, 2.75) is 13.0 Å². The second-order valence-corrected chi connectivity index (χ2v) is 6.25. The van der Waals surface area contributed by atoms with Gasteiger partial charge in [0, 0.05) is 5.70 Å². The fourth-order valence-corrected chi connectivity index (χ4v) is 3.36. The van der Waals surface area contributed by atoms with Crippen molar-refractivity contribution in [3.63, 3.8) is 0 Å². The molecule has 1 amide bonds. The van der Waals surface area contributed by atoms with Crippen molar-refractivity contribution in [2.75, 3.05) is 12.4 Å². The molecule has 0 bridgehead atoms. The molecule has 1 unspecified atom stereocenters. The highest BCUT2D eigenvalue weighted by atomic mass is 16.5. The zero-order valence-corrected chi connectivity index (χ0v) is 15.0. The van der Waals surface area contributed by atoms with Crippen LogP contribution in [-0.4, -0.2) is 27.8 Å². The second kappa shape index (κ2) is 6.60. The van der Waals surface area contributed by atoms with Crippen LogP contribution in [0.15, 0.2) is 65.9 Å². The molecular formula is C20H19N5O2. The van der Waals surface area contributed by atoms with E-state index in [1.165, 1.54) is 0 Å². The maximum Gasteiger partial charge on any atom is 0.248 e. The van der Waals surface area contributed by atoms with E-state index in [-0.39, 0.29) is 0 Å². The molecule has 0 aliphatic carbocycles. The molecule has 3 N–H and O–H groups in total. The molecule has 2 heterocycles. The van der Waals surface area contributed by atoms with E-state index in [9.17, 15) is 4.79 Å². The van der Waals surface area contributed by atoms with E-state index in [0.29, 0.717) is 28.8 Å². The monoisotopic (exact) mass is 361 g/mol. The van der Waals surface area contributed by atoms with Gasteiger partial charge in [-0.15, -0.1) is 5.10 Å². The van der Waals surface area contributed by atoms with Crippen molar-refractivity contribution in [1.29, 1.82) is 0 Å². The number of nitrogens with one attached hydrogen (secondary N) is 1. The lowest BCUT2D eigenvalue weighted by molar-refractivity contribution is -0.115. The Morgan fingerprint density at radius 3 is 2.56 bits per heavy atom. The van der Waals surface area contributed by atoms with Crippen LogP contribution in [0.3, 0.4) is 0 Å². The number of hydrogen-bond donors (Lipinski definition) is 2. The van der Waals surface area contributed by atoms with Crippen molar-refractivity contribution in [1.82, 2.24) is 14.8 Å². The summed E-state index contributed by atoms with van der Waals surface area (Å²) in [4.78, 5) is 16.8. The first kappa shape index (κ1) is 16.8. The molecule has 7 heteroatoms. The number of primary amides is 1. The van der Waals surface area contributed by atoms with E-state index in [0.717, 1.165) is 11.1 Å². The third kappa shape index (κ3) is 2.83. The van der Waals surface area contributed by atoms with E-state index in [2.05, 4.69) is 15.4 Å². The van der Waals surface area contributed by atoms with Crippen molar-refractivity contribution in [3.8, 4) is 17.1 Å². The van der Waals surface area contributed by atoms with Crippen LogP contribution in [-0.2, 0) is 4.79 Å². The molecule has 136 valence electrons. The van der Waals surface area contributed by atoms with Gasteiger partial charge in [0.1, 0.15) is 11.8 Å². The number of allylic oxidation sites excluding steroid dienone is 1. The highest BCUT2D eigenvalue weighted by Crippen LogP contribution is 2.37. The first-order chi connectivity index (χ1) is 13.1. The van der Waals surface area contributed by atoms with Crippen LogP contribution >= 0.6 is 0 Å². The van der Waals surface area contributed by atoms with Crippen LogP contribution in [0.25, 0.3) is 11.4 Å². The Balaban J connectivity index is 1.90. The van der Waals surface area contributed by atoms with Crippen molar-refractivity contribution in [2.24, 2.45) is 5.73 Å². The Hall–Kier alpha value is -3.61. The quantitative estimate of drug-likeness (QED) is 0.745.